The number of alkyl halides is 3. The van der Waals surface area contributed by atoms with Crippen molar-refractivity contribution in [1.82, 2.24) is 14.8 Å². The summed E-state index contributed by atoms with van der Waals surface area (Å²) in [5.41, 5.74) is 0.806. The summed E-state index contributed by atoms with van der Waals surface area (Å²) in [4.78, 5) is 12.3. The number of hydrogen-bond donors (Lipinski definition) is 0. The summed E-state index contributed by atoms with van der Waals surface area (Å²) >= 11 is 12.5. The van der Waals surface area contributed by atoms with E-state index in [1.54, 1.807) is 25.1 Å². The van der Waals surface area contributed by atoms with Gasteiger partial charge in [-0.15, -0.1) is 10.2 Å². The van der Waals surface area contributed by atoms with Gasteiger partial charge in [-0.05, 0) is 31.2 Å². The molecule has 0 radical (unpaired) electrons. The summed E-state index contributed by atoms with van der Waals surface area (Å²) in [5, 5.41) is 7.65. The molecule has 0 aliphatic carbocycles. The molecule has 0 bridgehead atoms. The molecule has 2 heterocycles. The number of rotatable bonds is 5. The third-order valence-corrected chi connectivity index (χ3v) is 5.72. The molecule has 180 valence electrons. The zero-order chi connectivity index (χ0) is 24.6. The lowest BCUT2D eigenvalue weighted by Gasteiger charge is -2.24. The van der Waals surface area contributed by atoms with Gasteiger partial charge in [-0.1, -0.05) is 35.3 Å². The van der Waals surface area contributed by atoms with Crippen molar-refractivity contribution in [2.24, 2.45) is 0 Å². The second-order valence-electron chi connectivity index (χ2n) is 7.29. The molecule has 0 saturated carbocycles. The lowest BCUT2D eigenvalue weighted by atomic mass is 9.98. The number of para-hydroxylation sites is 1. The monoisotopic (exact) mass is 515 g/mol. The molecule has 0 amide bonds. The predicted octanol–water partition coefficient (Wildman–Crippen LogP) is 5.72. The molecule has 0 spiro atoms. The van der Waals surface area contributed by atoms with Gasteiger partial charge in [0.25, 0.3) is 0 Å². The normalized spacial score (nSPS) is 17.5. The van der Waals surface area contributed by atoms with Crippen LogP contribution in [0.25, 0.3) is 5.69 Å². The van der Waals surface area contributed by atoms with Gasteiger partial charge in [-0.3, -0.25) is 9.36 Å². The first-order valence-electron chi connectivity index (χ1n) is 10.1. The fourth-order valence-electron chi connectivity index (χ4n) is 3.86. The number of methoxy groups -OCH3 is 1. The van der Waals surface area contributed by atoms with E-state index in [9.17, 15) is 18.0 Å². The van der Waals surface area contributed by atoms with Crippen LogP contribution in [0.4, 0.5) is 13.2 Å². The molecule has 0 unspecified atom stereocenters. The maximum atomic E-state index is 13.9. The fourth-order valence-corrected chi connectivity index (χ4v) is 4.30. The highest BCUT2D eigenvalue weighted by Crippen LogP contribution is 2.46. The van der Waals surface area contributed by atoms with Crippen LogP contribution in [0.2, 0.25) is 10.0 Å². The molecule has 1 aliphatic heterocycles. The van der Waals surface area contributed by atoms with Gasteiger partial charge >= 0.3 is 12.1 Å². The Labute approximate surface area is 202 Å². The summed E-state index contributed by atoms with van der Waals surface area (Å²) < 4.78 is 59.3. The van der Waals surface area contributed by atoms with Crippen LogP contribution >= 0.6 is 23.2 Å². The maximum Gasteiger partial charge on any atom is 0.452 e. The molecule has 0 saturated heterocycles. The molecule has 1 aliphatic rings. The first-order valence-corrected chi connectivity index (χ1v) is 10.9. The number of nitrogens with zero attached hydrogens (tertiary/aromatic N) is 3. The van der Waals surface area contributed by atoms with Crippen LogP contribution in [-0.2, 0) is 20.4 Å². The molecule has 12 heteroatoms. The number of esters is 1. The van der Waals surface area contributed by atoms with E-state index in [4.69, 9.17) is 37.4 Å². The molecular weight excluding hydrogens is 498 g/mol. The molecule has 2 aromatic carbocycles. The van der Waals surface area contributed by atoms with E-state index >= 15 is 0 Å². The van der Waals surface area contributed by atoms with Crippen molar-refractivity contribution < 1.29 is 32.2 Å². The number of carbonyl (C=O) groups excluding carboxylic acids is 1. The number of ether oxygens (including phenoxy) is 3. The Morgan fingerprint density at radius 1 is 1.18 bits per heavy atom. The van der Waals surface area contributed by atoms with Crippen LogP contribution in [0.15, 0.2) is 36.4 Å². The van der Waals surface area contributed by atoms with E-state index in [0.717, 1.165) is 4.57 Å². The van der Waals surface area contributed by atoms with E-state index in [1.165, 1.54) is 25.3 Å². The van der Waals surface area contributed by atoms with Gasteiger partial charge in [0.1, 0.15) is 18.0 Å². The number of fused-ring (bicyclic) bond motifs is 3. The van der Waals surface area contributed by atoms with Crippen LogP contribution in [0, 0.1) is 0 Å². The molecule has 0 fully saturated rings. The van der Waals surface area contributed by atoms with E-state index in [2.05, 4.69) is 10.2 Å². The van der Waals surface area contributed by atoms with Gasteiger partial charge in [0.15, 0.2) is 5.82 Å². The van der Waals surface area contributed by atoms with Gasteiger partial charge < -0.3 is 14.2 Å². The minimum atomic E-state index is -4.83. The fraction of sp³-hybridized carbons (Fsp3) is 0.318. The van der Waals surface area contributed by atoms with Crippen molar-refractivity contribution in [3.8, 4) is 11.4 Å². The third-order valence-electron chi connectivity index (χ3n) is 5.18. The van der Waals surface area contributed by atoms with Gasteiger partial charge in [0.05, 0.1) is 30.8 Å². The van der Waals surface area contributed by atoms with Gasteiger partial charge in [0, 0.05) is 16.1 Å². The topological polar surface area (TPSA) is 75.5 Å². The van der Waals surface area contributed by atoms with Crippen molar-refractivity contribution in [1.29, 1.82) is 0 Å². The summed E-state index contributed by atoms with van der Waals surface area (Å²) in [6.07, 6.45) is -7.47. The second kappa shape index (κ2) is 9.44. The molecule has 3 aromatic rings. The van der Waals surface area contributed by atoms with Crippen LogP contribution in [-0.4, -0.2) is 34.5 Å². The zero-order valence-corrected chi connectivity index (χ0v) is 19.4. The quantitative estimate of drug-likeness (QED) is 0.404. The summed E-state index contributed by atoms with van der Waals surface area (Å²) in [6, 6.07) is 9.27. The summed E-state index contributed by atoms with van der Waals surface area (Å²) in [5.74, 6) is -1.87. The number of benzene rings is 2. The van der Waals surface area contributed by atoms with E-state index < -0.39 is 36.6 Å². The summed E-state index contributed by atoms with van der Waals surface area (Å²) in [6.45, 7) is 1.71. The highest BCUT2D eigenvalue weighted by Gasteiger charge is 2.44. The van der Waals surface area contributed by atoms with Gasteiger partial charge in [-0.2, -0.15) is 13.2 Å². The Kier molecular flexibility index (Phi) is 6.75. The smallest absolute Gasteiger partial charge is 0.452 e. The van der Waals surface area contributed by atoms with Crippen LogP contribution in [0.5, 0.6) is 5.75 Å². The molecule has 4 rings (SSSR count). The average molecular weight is 516 g/mol. The minimum Gasteiger partial charge on any atom is -0.495 e. The Hall–Kier alpha value is -2.82. The number of carbonyl (C=O) groups is 1. The van der Waals surface area contributed by atoms with E-state index in [0.29, 0.717) is 5.56 Å². The molecule has 2 atom stereocenters. The molecule has 1 aromatic heterocycles. The Bertz CT molecular complexity index is 1230. The molecule has 34 heavy (non-hydrogen) atoms. The predicted molar refractivity (Wildman–Crippen MR) is 116 cm³/mol. The third kappa shape index (κ3) is 4.45. The Morgan fingerprint density at radius 2 is 1.94 bits per heavy atom. The van der Waals surface area contributed by atoms with E-state index in [-0.39, 0.29) is 39.5 Å². The van der Waals surface area contributed by atoms with E-state index in [1.807, 2.05) is 0 Å². The lowest BCUT2D eigenvalue weighted by molar-refractivity contribution is -0.147. The Morgan fingerprint density at radius 3 is 2.62 bits per heavy atom. The SMILES string of the molecule is CCOC(=O)C[C@@H]1O[C@@H](c2cccc(Cl)c2OC)c2cc(Cl)ccc2-n2c1nnc2C(F)(F)F. The lowest BCUT2D eigenvalue weighted by Crippen LogP contribution is -2.18. The van der Waals surface area contributed by atoms with Crippen LogP contribution < -0.4 is 4.74 Å². The van der Waals surface area contributed by atoms with Crippen LogP contribution in [0.1, 0.15) is 48.3 Å². The minimum absolute atomic E-state index is 0.0907. The van der Waals surface area contributed by atoms with Crippen molar-refractivity contribution in [3.63, 3.8) is 0 Å². The molecule has 7 nitrogen and oxygen atoms in total. The van der Waals surface area contributed by atoms with Crippen molar-refractivity contribution in [2.45, 2.75) is 31.7 Å². The van der Waals surface area contributed by atoms with Gasteiger partial charge in [-0.25, -0.2) is 0 Å². The molecular formula is C22H18Cl2F3N3O4. The highest BCUT2D eigenvalue weighted by atomic mass is 35.5. The summed E-state index contributed by atoms with van der Waals surface area (Å²) in [7, 11) is 1.41. The van der Waals surface area contributed by atoms with Crippen molar-refractivity contribution >= 4 is 29.2 Å². The first kappa shape index (κ1) is 24.3. The zero-order valence-electron chi connectivity index (χ0n) is 17.9. The van der Waals surface area contributed by atoms with Crippen molar-refractivity contribution in [2.75, 3.05) is 13.7 Å². The highest BCUT2D eigenvalue weighted by molar-refractivity contribution is 6.32. The first-order chi connectivity index (χ1) is 16.2. The van der Waals surface area contributed by atoms with Gasteiger partial charge in [0.2, 0.25) is 5.82 Å². The number of hydrogen-bond acceptors (Lipinski definition) is 6. The second-order valence-corrected chi connectivity index (χ2v) is 8.14. The molecule has 0 N–H and O–H groups in total. The van der Waals surface area contributed by atoms with Crippen LogP contribution in [0.3, 0.4) is 0 Å². The number of aromatic nitrogens is 3. The number of halogens is 5. The average Bonchev–Trinajstić information content (AvgIpc) is 3.17. The van der Waals surface area contributed by atoms with Crippen molar-refractivity contribution in [3.05, 3.63) is 69.2 Å². The largest absolute Gasteiger partial charge is 0.495 e. The Balaban J connectivity index is 2.00. The standard InChI is InChI=1S/C22H18Cl2F3N3O4/c1-3-33-17(31)10-16-20-28-29-21(22(25,26)27)30(20)15-8-7-11(23)9-13(15)18(34-16)12-5-4-6-14(24)19(12)32-2/h4-9,16,18H,3,10H2,1-2H3/t16-,18-/m0/s1. The maximum absolute atomic E-state index is 13.9.